The van der Waals surface area contributed by atoms with Crippen LogP contribution < -0.4 is 4.74 Å². The first-order valence-electron chi connectivity index (χ1n) is 4.25. The van der Waals surface area contributed by atoms with Gasteiger partial charge in [0.05, 0.1) is 7.11 Å². The molecule has 1 aromatic carbocycles. The Bertz CT molecular complexity index is 325. The van der Waals surface area contributed by atoms with E-state index in [1.165, 1.54) is 0 Å². The molecular weight excluding hydrogens is 162 g/mol. The summed E-state index contributed by atoms with van der Waals surface area (Å²) in [5.74, 6) is 0.922. The lowest BCUT2D eigenvalue weighted by Crippen LogP contribution is -1.95. The van der Waals surface area contributed by atoms with Gasteiger partial charge in [-0.3, -0.25) is 0 Å². The molecule has 13 heavy (non-hydrogen) atoms. The highest BCUT2D eigenvalue weighted by Gasteiger charge is 2.05. The number of nitrogens with zero attached hydrogens (tertiary/aromatic N) is 1. The molecule has 0 atom stereocenters. The number of aryl methyl sites for hydroxylation is 1. The molecule has 0 amide bonds. The summed E-state index contributed by atoms with van der Waals surface area (Å²) in [6.07, 6.45) is 0.772. The lowest BCUT2D eigenvalue weighted by molar-refractivity contribution is 0.407. The minimum atomic E-state index is 0.528. The van der Waals surface area contributed by atoms with E-state index in [1.807, 2.05) is 25.1 Å². The van der Waals surface area contributed by atoms with Crippen molar-refractivity contribution in [2.24, 2.45) is 0 Å². The summed E-state index contributed by atoms with van der Waals surface area (Å²) in [6, 6.07) is 6.02. The van der Waals surface area contributed by atoms with Gasteiger partial charge in [0.1, 0.15) is 5.75 Å². The number of ether oxygens (including phenoxy) is 1. The largest absolute Gasteiger partial charge is 0.496 e. The van der Waals surface area contributed by atoms with Crippen molar-refractivity contribution in [1.29, 1.82) is 0 Å². The van der Waals surface area contributed by atoms with Crippen LogP contribution in [0.2, 0.25) is 0 Å². The van der Waals surface area contributed by atoms with E-state index in [9.17, 15) is 0 Å². The van der Waals surface area contributed by atoms with Crippen molar-refractivity contribution in [2.75, 3.05) is 13.7 Å². The first-order valence-corrected chi connectivity index (χ1v) is 4.25. The number of hydrogen-bond acceptors (Lipinski definition) is 1. The molecule has 0 N–H and O–H groups in total. The molecule has 2 nitrogen and oxygen atoms in total. The van der Waals surface area contributed by atoms with Gasteiger partial charge < -0.3 is 9.58 Å². The third-order valence-electron chi connectivity index (χ3n) is 1.99. The third-order valence-corrected chi connectivity index (χ3v) is 1.99. The number of methoxy groups -OCH3 is 1. The number of rotatable bonds is 3. The summed E-state index contributed by atoms with van der Waals surface area (Å²) in [5.41, 5.74) is 2.25. The van der Waals surface area contributed by atoms with Gasteiger partial charge in [-0.25, -0.2) is 6.57 Å². The molecule has 0 bridgehead atoms. The predicted octanol–water partition coefficient (Wildman–Crippen LogP) is 2.47. The van der Waals surface area contributed by atoms with E-state index in [-0.39, 0.29) is 0 Å². The zero-order valence-corrected chi connectivity index (χ0v) is 8.00. The Hall–Kier alpha value is -1.49. The van der Waals surface area contributed by atoms with Gasteiger partial charge in [0.2, 0.25) is 6.54 Å². The molecule has 1 aromatic rings. The molecule has 0 spiro atoms. The van der Waals surface area contributed by atoms with Crippen molar-refractivity contribution in [2.45, 2.75) is 13.3 Å². The summed E-state index contributed by atoms with van der Waals surface area (Å²) in [4.78, 5) is 3.33. The van der Waals surface area contributed by atoms with Crippen LogP contribution in [0.3, 0.4) is 0 Å². The molecule has 0 heterocycles. The molecule has 0 aliphatic heterocycles. The molecular formula is C11H13NO. The van der Waals surface area contributed by atoms with E-state index < -0.39 is 0 Å². The van der Waals surface area contributed by atoms with Crippen LogP contribution in [0, 0.1) is 13.5 Å². The second-order valence-corrected chi connectivity index (χ2v) is 2.90. The summed E-state index contributed by atoms with van der Waals surface area (Å²) in [6.45, 7) is 9.26. The molecule has 0 fully saturated rings. The van der Waals surface area contributed by atoms with Crippen LogP contribution in [0.15, 0.2) is 18.2 Å². The first kappa shape index (κ1) is 9.60. The molecule has 0 saturated carbocycles. The van der Waals surface area contributed by atoms with E-state index >= 15 is 0 Å². The van der Waals surface area contributed by atoms with Crippen LogP contribution in [-0.2, 0) is 6.42 Å². The van der Waals surface area contributed by atoms with Crippen molar-refractivity contribution in [3.05, 3.63) is 40.7 Å². The molecule has 0 aliphatic carbocycles. The van der Waals surface area contributed by atoms with Gasteiger partial charge in [0.25, 0.3) is 0 Å². The van der Waals surface area contributed by atoms with Gasteiger partial charge in [-0.05, 0) is 12.5 Å². The number of hydrogen-bond donors (Lipinski definition) is 0. The summed E-state index contributed by atoms with van der Waals surface area (Å²) < 4.78 is 5.27. The van der Waals surface area contributed by atoms with Gasteiger partial charge >= 0.3 is 0 Å². The predicted molar refractivity (Wildman–Crippen MR) is 52.9 cm³/mol. The van der Waals surface area contributed by atoms with Crippen LogP contribution >= 0.6 is 0 Å². The molecule has 0 aromatic heterocycles. The summed E-state index contributed by atoms with van der Waals surface area (Å²) >= 11 is 0. The Morgan fingerprint density at radius 1 is 1.46 bits per heavy atom. The third kappa shape index (κ3) is 2.22. The SMILES string of the molecule is [C-]#[N+]CCc1cccc(C)c1OC. The molecule has 0 aliphatic rings. The Morgan fingerprint density at radius 3 is 2.85 bits per heavy atom. The zero-order valence-electron chi connectivity index (χ0n) is 8.00. The summed E-state index contributed by atoms with van der Waals surface area (Å²) in [5, 5.41) is 0. The fraction of sp³-hybridized carbons (Fsp3) is 0.364. The van der Waals surface area contributed by atoms with E-state index in [1.54, 1.807) is 7.11 Å². The highest BCUT2D eigenvalue weighted by atomic mass is 16.5. The highest BCUT2D eigenvalue weighted by molar-refractivity contribution is 5.40. The normalized spacial score (nSPS) is 9.31. The molecule has 1 rings (SSSR count). The Balaban J connectivity index is 2.93. The van der Waals surface area contributed by atoms with Crippen LogP contribution in [-0.4, -0.2) is 13.7 Å². The second-order valence-electron chi connectivity index (χ2n) is 2.90. The lowest BCUT2D eigenvalue weighted by atomic mass is 10.1. The van der Waals surface area contributed by atoms with Gasteiger partial charge in [-0.15, -0.1) is 0 Å². The molecule has 0 saturated heterocycles. The maximum atomic E-state index is 6.72. The van der Waals surface area contributed by atoms with Crippen molar-refractivity contribution in [3.8, 4) is 5.75 Å². The maximum Gasteiger partial charge on any atom is 0.218 e. The fourth-order valence-corrected chi connectivity index (χ4v) is 1.38. The van der Waals surface area contributed by atoms with Crippen LogP contribution in [0.25, 0.3) is 4.85 Å². The minimum absolute atomic E-state index is 0.528. The van der Waals surface area contributed by atoms with E-state index in [2.05, 4.69) is 4.85 Å². The van der Waals surface area contributed by atoms with Gasteiger partial charge in [0.15, 0.2) is 0 Å². The molecule has 68 valence electrons. The maximum absolute atomic E-state index is 6.72. The Kier molecular flexibility index (Phi) is 3.33. The monoisotopic (exact) mass is 175 g/mol. The van der Waals surface area contributed by atoms with Crippen LogP contribution in [0.4, 0.5) is 0 Å². The number of benzene rings is 1. The molecule has 0 unspecified atom stereocenters. The first-order chi connectivity index (χ1) is 6.29. The van der Waals surface area contributed by atoms with Crippen LogP contribution in [0.1, 0.15) is 11.1 Å². The van der Waals surface area contributed by atoms with Crippen molar-refractivity contribution >= 4 is 0 Å². The van der Waals surface area contributed by atoms with Gasteiger partial charge in [-0.2, -0.15) is 0 Å². The molecule has 0 radical (unpaired) electrons. The Labute approximate surface area is 79.0 Å². The highest BCUT2D eigenvalue weighted by Crippen LogP contribution is 2.23. The average molecular weight is 175 g/mol. The average Bonchev–Trinajstić information content (AvgIpc) is 2.15. The van der Waals surface area contributed by atoms with E-state index in [0.717, 1.165) is 23.3 Å². The topological polar surface area (TPSA) is 13.6 Å². The number of para-hydroxylation sites is 1. The van der Waals surface area contributed by atoms with Crippen molar-refractivity contribution < 1.29 is 4.74 Å². The van der Waals surface area contributed by atoms with Crippen molar-refractivity contribution in [1.82, 2.24) is 0 Å². The van der Waals surface area contributed by atoms with Crippen LogP contribution in [0.5, 0.6) is 5.75 Å². The fourth-order valence-electron chi connectivity index (χ4n) is 1.38. The van der Waals surface area contributed by atoms with Crippen molar-refractivity contribution in [3.63, 3.8) is 0 Å². The van der Waals surface area contributed by atoms with Gasteiger partial charge in [0, 0.05) is 12.0 Å². The van der Waals surface area contributed by atoms with E-state index in [0.29, 0.717) is 6.54 Å². The molecule has 2 heteroatoms. The van der Waals surface area contributed by atoms with Gasteiger partial charge in [-0.1, -0.05) is 18.2 Å². The zero-order chi connectivity index (χ0) is 9.68. The quantitative estimate of drug-likeness (QED) is 0.643. The second kappa shape index (κ2) is 4.51. The summed E-state index contributed by atoms with van der Waals surface area (Å²) in [7, 11) is 1.67. The van der Waals surface area contributed by atoms with E-state index in [4.69, 9.17) is 11.3 Å². The Morgan fingerprint density at radius 2 is 2.23 bits per heavy atom. The minimum Gasteiger partial charge on any atom is -0.496 e. The lowest BCUT2D eigenvalue weighted by Gasteiger charge is -2.08. The smallest absolute Gasteiger partial charge is 0.218 e. The standard InChI is InChI=1S/C11H13NO/c1-9-5-4-6-10(7-8-12-2)11(9)13-3/h4-6H,7-8H2,1,3H3.